The molecule has 0 aromatic carbocycles. The van der Waals surface area contributed by atoms with Gasteiger partial charge in [0.2, 0.25) is 0 Å². The van der Waals surface area contributed by atoms with Crippen molar-refractivity contribution in [3.05, 3.63) is 35.6 Å². The summed E-state index contributed by atoms with van der Waals surface area (Å²) >= 11 is -2.24. The zero-order chi connectivity index (χ0) is 16.4. The van der Waals surface area contributed by atoms with E-state index in [0.29, 0.717) is 0 Å². The van der Waals surface area contributed by atoms with E-state index in [-0.39, 0.29) is 0 Å². The first-order valence-electron chi connectivity index (χ1n) is 9.67. The molecule has 23 heavy (non-hydrogen) atoms. The van der Waals surface area contributed by atoms with Gasteiger partial charge in [0, 0.05) is 0 Å². The van der Waals surface area contributed by atoms with Gasteiger partial charge in [0.05, 0.1) is 0 Å². The van der Waals surface area contributed by atoms with E-state index >= 15 is 0 Å². The van der Waals surface area contributed by atoms with E-state index in [9.17, 15) is 0 Å². The summed E-state index contributed by atoms with van der Waals surface area (Å²) in [5.74, 6) is 1.93. The van der Waals surface area contributed by atoms with Gasteiger partial charge in [-0.3, -0.25) is 0 Å². The summed E-state index contributed by atoms with van der Waals surface area (Å²) in [4.78, 5) is 12.5. The summed E-state index contributed by atoms with van der Waals surface area (Å²) in [5, 5.41) is 0. The Bertz CT molecular complexity index is 539. The number of fused-ring (bicyclic) bond motifs is 2. The Hall–Kier alpha value is -0.246. The summed E-state index contributed by atoms with van der Waals surface area (Å²) < 4.78 is 1.74. The van der Waals surface area contributed by atoms with Crippen molar-refractivity contribution in [2.75, 3.05) is 0 Å². The molecule has 3 heteroatoms. The molecule has 2 saturated heterocycles. The van der Waals surface area contributed by atoms with E-state index in [1.807, 2.05) is 11.7 Å². The second kappa shape index (κ2) is 7.33. The van der Waals surface area contributed by atoms with Gasteiger partial charge in [-0.05, 0) is 0 Å². The maximum absolute atomic E-state index is 4.80. The minimum absolute atomic E-state index is 0.871. The van der Waals surface area contributed by atoms with Crippen molar-refractivity contribution in [2.45, 2.75) is 78.3 Å². The third-order valence-electron chi connectivity index (χ3n) is 6.09. The van der Waals surface area contributed by atoms with Gasteiger partial charge in [-0.25, -0.2) is 0 Å². The monoisotopic (exact) mass is 417 g/mol. The van der Waals surface area contributed by atoms with Gasteiger partial charge in [-0.1, -0.05) is 0 Å². The van der Waals surface area contributed by atoms with Crippen molar-refractivity contribution in [2.24, 2.45) is 0 Å². The topological polar surface area (TPSA) is 12.9 Å². The maximum atomic E-state index is 4.80. The second-order valence-electron chi connectivity index (χ2n) is 8.63. The fourth-order valence-electron chi connectivity index (χ4n) is 5.37. The van der Waals surface area contributed by atoms with Gasteiger partial charge in [0.25, 0.3) is 0 Å². The van der Waals surface area contributed by atoms with Crippen LogP contribution >= 0.6 is 0 Å². The van der Waals surface area contributed by atoms with E-state index in [1.165, 1.54) is 50.6 Å². The van der Waals surface area contributed by atoms with Crippen LogP contribution in [0.25, 0.3) is 3.59 Å². The molecule has 3 rings (SSSR count). The molecule has 1 aromatic rings. The Morgan fingerprint density at radius 2 is 1.70 bits per heavy atom. The Kier molecular flexibility index (Phi) is 5.60. The van der Waals surface area contributed by atoms with Crippen molar-refractivity contribution in [1.29, 1.82) is 0 Å². The van der Waals surface area contributed by atoms with Crippen LogP contribution in [0.2, 0.25) is 26.5 Å². The number of rotatable bonds is 4. The molecular formula is C20H32BNSn. The normalized spacial score (nSPS) is 26.0. The first-order chi connectivity index (χ1) is 11.0. The second-order valence-corrected chi connectivity index (χ2v) is 22.9. The average Bonchev–Trinajstić information content (AvgIpc) is 2.51. The molecule has 124 valence electrons. The molecule has 0 N–H and O–H groups in total. The van der Waals surface area contributed by atoms with Crippen molar-refractivity contribution < 1.29 is 0 Å². The molecule has 3 heterocycles. The van der Waals surface area contributed by atoms with Gasteiger partial charge in [0.15, 0.2) is 0 Å². The summed E-state index contributed by atoms with van der Waals surface area (Å²) in [7, 11) is 0. The quantitative estimate of drug-likeness (QED) is 0.528. The van der Waals surface area contributed by atoms with Gasteiger partial charge in [0.1, 0.15) is 0 Å². The van der Waals surface area contributed by atoms with Crippen LogP contribution in [0, 0.1) is 0 Å². The Morgan fingerprint density at radius 3 is 2.13 bits per heavy atom. The number of pyridine rings is 1. The molecule has 0 atom stereocenters. The molecule has 1 nitrogen and oxygen atoms in total. The fourth-order valence-corrected chi connectivity index (χ4v) is 11.7. The summed E-state index contributed by atoms with van der Waals surface area (Å²) in [5.41, 5.74) is 3.12. The molecule has 0 saturated carbocycles. The van der Waals surface area contributed by atoms with Crippen LogP contribution in [0.3, 0.4) is 0 Å². The molecule has 0 spiro atoms. The zero-order valence-electron chi connectivity index (χ0n) is 15.4. The summed E-state index contributed by atoms with van der Waals surface area (Å²) in [6.07, 6.45) is 12.1. The zero-order valence-corrected chi connectivity index (χ0v) is 18.3. The van der Waals surface area contributed by atoms with Crippen LogP contribution < -0.4 is 0 Å². The Morgan fingerprint density at radius 1 is 1.09 bits per heavy atom. The molecule has 2 aliphatic heterocycles. The number of hydrogen-bond acceptors (Lipinski definition) is 1. The first kappa shape index (κ1) is 17.6. The van der Waals surface area contributed by atoms with Gasteiger partial charge in [-0.15, -0.1) is 0 Å². The van der Waals surface area contributed by atoms with Gasteiger partial charge < -0.3 is 0 Å². The molecule has 0 amide bonds. The van der Waals surface area contributed by atoms with E-state index < -0.39 is 18.4 Å². The number of aromatic nitrogens is 1. The molecule has 1 aromatic heterocycles. The Balaban J connectivity index is 2.11. The van der Waals surface area contributed by atoms with Crippen LogP contribution in [0.15, 0.2) is 29.9 Å². The van der Waals surface area contributed by atoms with E-state index in [0.717, 1.165) is 18.3 Å². The SMILES string of the molecule is CC/C(B1C2CCCC1CCC2)=[C](\c1ccccn1)[Sn]([CH3])([CH3])[CH3]. The molecule has 2 aliphatic rings. The third kappa shape index (κ3) is 3.72. The van der Waals surface area contributed by atoms with Crippen molar-refractivity contribution in [3.8, 4) is 0 Å². The molecule has 0 unspecified atom stereocenters. The first-order valence-corrected chi connectivity index (χ1v) is 19.7. The summed E-state index contributed by atoms with van der Waals surface area (Å²) in [6, 6.07) is 6.50. The van der Waals surface area contributed by atoms with Crippen LogP contribution in [0.5, 0.6) is 0 Å². The molecule has 0 radical (unpaired) electrons. The number of hydrogen-bond donors (Lipinski definition) is 0. The van der Waals surface area contributed by atoms with Crippen LogP contribution in [-0.4, -0.2) is 30.1 Å². The third-order valence-corrected chi connectivity index (χ3v) is 12.0. The fraction of sp³-hybridized carbons (Fsp3) is 0.650. The van der Waals surface area contributed by atoms with Crippen LogP contribution in [-0.2, 0) is 0 Å². The van der Waals surface area contributed by atoms with Crippen molar-refractivity contribution >= 4 is 28.7 Å². The molecular weight excluding hydrogens is 384 g/mol. The predicted octanol–water partition coefficient (Wildman–Crippen LogP) is 6.26. The number of nitrogens with zero attached hydrogens (tertiary/aromatic N) is 1. The van der Waals surface area contributed by atoms with E-state index in [1.54, 1.807) is 3.59 Å². The molecule has 0 aliphatic carbocycles. The average molecular weight is 416 g/mol. The summed E-state index contributed by atoms with van der Waals surface area (Å²) in [6.45, 7) is 3.27. The Labute approximate surface area is 147 Å². The van der Waals surface area contributed by atoms with E-state index in [4.69, 9.17) is 4.98 Å². The molecule has 2 fully saturated rings. The van der Waals surface area contributed by atoms with Gasteiger partial charge >= 0.3 is 148 Å². The van der Waals surface area contributed by atoms with Gasteiger partial charge in [-0.2, -0.15) is 0 Å². The van der Waals surface area contributed by atoms with Crippen molar-refractivity contribution in [1.82, 2.24) is 4.98 Å². The van der Waals surface area contributed by atoms with E-state index in [2.05, 4.69) is 39.9 Å². The van der Waals surface area contributed by atoms with Crippen LogP contribution in [0.1, 0.15) is 57.6 Å². The standard InChI is InChI=1S/C17H23BN.3CH3.Sn/c1-2-14(13-17-11-3-4-12-19-17)18-15-7-5-8-16(18)10-6-9-15;;;;/h3-4,11-12,15-16H,2,5-10H2,1H3;3*1H3;. The molecule has 2 bridgehead atoms. The van der Waals surface area contributed by atoms with Crippen LogP contribution in [0.4, 0.5) is 0 Å². The predicted molar refractivity (Wildman–Crippen MR) is 106 cm³/mol. The van der Waals surface area contributed by atoms with Crippen molar-refractivity contribution in [3.63, 3.8) is 0 Å². The number of allylic oxidation sites excluding steroid dienone is 1. The minimum atomic E-state index is -2.24.